The highest BCUT2D eigenvalue weighted by Crippen LogP contribution is 2.04. The molecule has 1 rings (SSSR count). The van der Waals surface area contributed by atoms with Crippen LogP contribution in [0.4, 0.5) is 0 Å². The molecule has 0 radical (unpaired) electrons. The van der Waals surface area contributed by atoms with Crippen LogP contribution in [0.5, 0.6) is 0 Å². The fourth-order valence-corrected chi connectivity index (χ4v) is 1.62. The molecule has 0 spiro atoms. The lowest BCUT2D eigenvalue weighted by Gasteiger charge is -2.16. The van der Waals surface area contributed by atoms with Crippen molar-refractivity contribution >= 4 is 11.9 Å². The number of furan rings is 1. The van der Waals surface area contributed by atoms with Crippen LogP contribution in [0.1, 0.15) is 26.0 Å². The Kier molecular flexibility index (Phi) is 6.08. The Labute approximate surface area is 112 Å². The van der Waals surface area contributed by atoms with E-state index in [9.17, 15) is 9.59 Å². The van der Waals surface area contributed by atoms with Gasteiger partial charge in [0.25, 0.3) is 0 Å². The molecule has 0 aliphatic heterocycles. The van der Waals surface area contributed by atoms with Gasteiger partial charge in [-0.2, -0.15) is 0 Å². The van der Waals surface area contributed by atoms with E-state index in [1.165, 1.54) is 6.26 Å². The predicted octanol–water partition coefficient (Wildman–Crippen LogP) is 0.985. The number of rotatable bonds is 8. The average Bonchev–Trinajstić information content (AvgIpc) is 2.84. The van der Waals surface area contributed by atoms with Gasteiger partial charge in [0.15, 0.2) is 0 Å². The second-order valence-corrected chi connectivity index (χ2v) is 4.76. The van der Waals surface area contributed by atoms with E-state index in [2.05, 4.69) is 10.6 Å². The van der Waals surface area contributed by atoms with Gasteiger partial charge in [-0.1, -0.05) is 13.8 Å². The van der Waals surface area contributed by atoms with Gasteiger partial charge in [0.05, 0.1) is 19.4 Å². The number of carboxylic acid groups (broad SMARTS) is 1. The number of carbonyl (C=O) groups is 2. The summed E-state index contributed by atoms with van der Waals surface area (Å²) < 4.78 is 5.07. The maximum absolute atomic E-state index is 11.5. The van der Waals surface area contributed by atoms with E-state index < -0.39 is 12.0 Å². The molecule has 6 nitrogen and oxygen atoms in total. The van der Waals surface area contributed by atoms with Crippen LogP contribution in [0.2, 0.25) is 0 Å². The number of nitrogens with one attached hydrogen (secondary N) is 2. The molecule has 1 unspecified atom stereocenters. The van der Waals surface area contributed by atoms with Gasteiger partial charge in [-0.05, 0) is 24.5 Å². The number of carboxylic acids is 1. The van der Waals surface area contributed by atoms with Crippen LogP contribution in [-0.2, 0) is 16.1 Å². The molecule has 19 heavy (non-hydrogen) atoms. The third-order valence-electron chi connectivity index (χ3n) is 2.55. The first-order valence-corrected chi connectivity index (χ1v) is 6.24. The first-order chi connectivity index (χ1) is 8.99. The molecule has 0 aliphatic rings. The molecule has 106 valence electrons. The largest absolute Gasteiger partial charge is 0.480 e. The zero-order chi connectivity index (χ0) is 14.3. The molecule has 0 saturated carbocycles. The molecule has 0 aromatic carbocycles. The first kappa shape index (κ1) is 15.2. The Morgan fingerprint density at radius 1 is 1.42 bits per heavy atom. The zero-order valence-corrected chi connectivity index (χ0v) is 11.2. The predicted molar refractivity (Wildman–Crippen MR) is 69.4 cm³/mol. The van der Waals surface area contributed by atoms with E-state index >= 15 is 0 Å². The standard InChI is InChI=1S/C13H20N2O4/c1-9(2)6-11(13(17)18)14-8-12(16)15-7-10-4-3-5-19-10/h3-5,9,11,14H,6-8H2,1-2H3,(H,15,16)(H,17,18). The summed E-state index contributed by atoms with van der Waals surface area (Å²) in [6.07, 6.45) is 2.02. The van der Waals surface area contributed by atoms with Gasteiger partial charge in [-0.3, -0.25) is 14.9 Å². The molecule has 0 aliphatic carbocycles. The third kappa shape index (κ3) is 6.05. The van der Waals surface area contributed by atoms with Gasteiger partial charge in [0.2, 0.25) is 5.91 Å². The van der Waals surface area contributed by atoms with Crippen molar-refractivity contribution in [3.63, 3.8) is 0 Å². The molecule has 1 aromatic rings. The minimum Gasteiger partial charge on any atom is -0.480 e. The summed E-state index contributed by atoms with van der Waals surface area (Å²) in [4.78, 5) is 22.5. The molecule has 1 heterocycles. The van der Waals surface area contributed by atoms with Crippen LogP contribution in [0.3, 0.4) is 0 Å². The van der Waals surface area contributed by atoms with E-state index in [1.807, 2.05) is 13.8 Å². The summed E-state index contributed by atoms with van der Waals surface area (Å²) in [5.41, 5.74) is 0. The molecule has 0 saturated heterocycles. The number of carbonyl (C=O) groups excluding carboxylic acids is 1. The lowest BCUT2D eigenvalue weighted by atomic mass is 10.0. The van der Waals surface area contributed by atoms with E-state index in [-0.39, 0.29) is 18.4 Å². The van der Waals surface area contributed by atoms with Gasteiger partial charge < -0.3 is 14.8 Å². The van der Waals surface area contributed by atoms with Crippen LogP contribution >= 0.6 is 0 Å². The monoisotopic (exact) mass is 268 g/mol. The van der Waals surface area contributed by atoms with Gasteiger partial charge in [-0.25, -0.2) is 0 Å². The van der Waals surface area contributed by atoms with Gasteiger partial charge in [0, 0.05) is 0 Å². The van der Waals surface area contributed by atoms with Crippen LogP contribution in [-0.4, -0.2) is 29.6 Å². The van der Waals surface area contributed by atoms with Crippen molar-refractivity contribution < 1.29 is 19.1 Å². The lowest BCUT2D eigenvalue weighted by Crippen LogP contribution is -2.43. The number of amides is 1. The minimum atomic E-state index is -0.937. The fourth-order valence-electron chi connectivity index (χ4n) is 1.62. The van der Waals surface area contributed by atoms with Crippen LogP contribution in [0, 0.1) is 5.92 Å². The summed E-state index contributed by atoms with van der Waals surface area (Å²) >= 11 is 0. The first-order valence-electron chi connectivity index (χ1n) is 6.24. The Bertz CT molecular complexity index is 401. The zero-order valence-electron chi connectivity index (χ0n) is 11.2. The second kappa shape index (κ2) is 7.58. The van der Waals surface area contributed by atoms with Gasteiger partial charge in [-0.15, -0.1) is 0 Å². The van der Waals surface area contributed by atoms with Crippen LogP contribution < -0.4 is 10.6 Å². The highest BCUT2D eigenvalue weighted by Gasteiger charge is 2.19. The highest BCUT2D eigenvalue weighted by molar-refractivity contribution is 5.79. The van der Waals surface area contributed by atoms with Crippen molar-refractivity contribution in [2.24, 2.45) is 5.92 Å². The maximum atomic E-state index is 11.5. The van der Waals surface area contributed by atoms with E-state index in [4.69, 9.17) is 9.52 Å². The average molecular weight is 268 g/mol. The Hall–Kier alpha value is -1.82. The van der Waals surface area contributed by atoms with Gasteiger partial charge in [0.1, 0.15) is 11.8 Å². The van der Waals surface area contributed by atoms with E-state index in [0.717, 1.165) is 0 Å². The highest BCUT2D eigenvalue weighted by atomic mass is 16.4. The second-order valence-electron chi connectivity index (χ2n) is 4.76. The van der Waals surface area contributed by atoms with E-state index in [1.54, 1.807) is 12.1 Å². The summed E-state index contributed by atoms with van der Waals surface area (Å²) in [6.45, 7) is 4.16. The molecule has 1 atom stereocenters. The topological polar surface area (TPSA) is 91.6 Å². The van der Waals surface area contributed by atoms with Crippen molar-refractivity contribution in [2.75, 3.05) is 6.54 Å². The SMILES string of the molecule is CC(C)CC(NCC(=O)NCc1ccco1)C(=O)O. The summed E-state index contributed by atoms with van der Waals surface area (Å²) in [7, 11) is 0. The van der Waals surface area contributed by atoms with Crippen LogP contribution in [0.25, 0.3) is 0 Å². The van der Waals surface area contributed by atoms with Gasteiger partial charge >= 0.3 is 5.97 Å². The molecule has 6 heteroatoms. The Morgan fingerprint density at radius 3 is 2.68 bits per heavy atom. The number of aliphatic carboxylic acids is 1. The molecule has 0 bridgehead atoms. The summed E-state index contributed by atoms with van der Waals surface area (Å²) in [6, 6.07) is 2.80. The fraction of sp³-hybridized carbons (Fsp3) is 0.538. The molecular weight excluding hydrogens is 248 g/mol. The lowest BCUT2D eigenvalue weighted by molar-refractivity contribution is -0.140. The molecule has 0 fully saturated rings. The molecule has 3 N–H and O–H groups in total. The van der Waals surface area contributed by atoms with Crippen molar-refractivity contribution in [1.29, 1.82) is 0 Å². The number of hydrogen-bond acceptors (Lipinski definition) is 4. The molecule has 1 aromatic heterocycles. The van der Waals surface area contributed by atoms with Crippen molar-refractivity contribution in [3.8, 4) is 0 Å². The smallest absolute Gasteiger partial charge is 0.320 e. The molecular formula is C13H20N2O4. The van der Waals surface area contributed by atoms with E-state index in [0.29, 0.717) is 18.7 Å². The quantitative estimate of drug-likeness (QED) is 0.654. The number of hydrogen-bond donors (Lipinski definition) is 3. The Balaban J connectivity index is 2.29. The summed E-state index contributed by atoms with van der Waals surface area (Å²) in [5.74, 6) is -0.288. The Morgan fingerprint density at radius 2 is 2.16 bits per heavy atom. The van der Waals surface area contributed by atoms with Crippen molar-refractivity contribution in [1.82, 2.24) is 10.6 Å². The van der Waals surface area contributed by atoms with Crippen molar-refractivity contribution in [3.05, 3.63) is 24.2 Å². The minimum absolute atomic E-state index is 0.0234. The maximum Gasteiger partial charge on any atom is 0.320 e. The van der Waals surface area contributed by atoms with Crippen molar-refractivity contribution in [2.45, 2.75) is 32.9 Å². The molecule has 1 amide bonds. The summed E-state index contributed by atoms with van der Waals surface area (Å²) in [5, 5.41) is 14.4. The van der Waals surface area contributed by atoms with Crippen LogP contribution in [0.15, 0.2) is 22.8 Å². The third-order valence-corrected chi connectivity index (χ3v) is 2.55. The normalized spacial score (nSPS) is 12.4.